The quantitative estimate of drug-likeness (QED) is 0.692. The Bertz CT molecular complexity index is 877. The highest BCUT2D eigenvalue weighted by molar-refractivity contribution is 7.22. The molecular weight excluding hydrogens is 346 g/mol. The summed E-state index contributed by atoms with van der Waals surface area (Å²) in [4.78, 5) is 20.8. The van der Waals surface area contributed by atoms with Crippen molar-refractivity contribution < 1.29 is 14.4 Å². The van der Waals surface area contributed by atoms with Gasteiger partial charge < -0.3 is 9.64 Å². The number of benzene rings is 2. The predicted molar refractivity (Wildman–Crippen MR) is 106 cm³/mol. The SMILES string of the molecule is COc1ccc2nc(N(CC[NH+](C)C)C(=O)Cc3ccccc3)sc2c1. The highest BCUT2D eigenvalue weighted by Gasteiger charge is 2.21. The van der Waals surface area contributed by atoms with Crippen LogP contribution < -0.4 is 14.5 Å². The number of thiazole rings is 1. The number of nitrogens with one attached hydrogen (secondary N) is 1. The van der Waals surface area contributed by atoms with Crippen molar-refractivity contribution in [3.8, 4) is 5.75 Å². The van der Waals surface area contributed by atoms with Crippen LogP contribution in [0.2, 0.25) is 0 Å². The number of carbonyl (C=O) groups is 1. The zero-order valence-corrected chi connectivity index (χ0v) is 16.2. The van der Waals surface area contributed by atoms with Gasteiger partial charge in [-0.2, -0.15) is 0 Å². The molecule has 0 saturated carbocycles. The Hall–Kier alpha value is -2.44. The molecule has 0 fully saturated rings. The first-order valence-corrected chi connectivity index (χ1v) is 9.46. The van der Waals surface area contributed by atoms with Crippen molar-refractivity contribution in [2.75, 3.05) is 39.2 Å². The number of carbonyl (C=O) groups excluding carboxylic acids is 1. The fraction of sp³-hybridized carbons (Fsp3) is 0.300. The Labute approximate surface area is 157 Å². The molecule has 0 spiro atoms. The van der Waals surface area contributed by atoms with E-state index < -0.39 is 0 Å². The number of aromatic nitrogens is 1. The molecule has 5 nitrogen and oxygen atoms in total. The van der Waals surface area contributed by atoms with Gasteiger partial charge in [-0.1, -0.05) is 41.7 Å². The van der Waals surface area contributed by atoms with Crippen LogP contribution in [0.4, 0.5) is 5.13 Å². The van der Waals surface area contributed by atoms with E-state index in [9.17, 15) is 4.79 Å². The number of methoxy groups -OCH3 is 1. The van der Waals surface area contributed by atoms with Gasteiger partial charge in [-0.25, -0.2) is 4.98 Å². The fourth-order valence-corrected chi connectivity index (χ4v) is 3.70. The van der Waals surface area contributed by atoms with Crippen molar-refractivity contribution in [2.24, 2.45) is 0 Å². The second-order valence-electron chi connectivity index (χ2n) is 6.49. The summed E-state index contributed by atoms with van der Waals surface area (Å²) in [7, 11) is 5.82. The molecule has 0 radical (unpaired) electrons. The van der Waals surface area contributed by atoms with Crippen molar-refractivity contribution in [1.29, 1.82) is 0 Å². The van der Waals surface area contributed by atoms with Crippen LogP contribution in [0.15, 0.2) is 48.5 Å². The highest BCUT2D eigenvalue weighted by Crippen LogP contribution is 2.31. The first-order valence-electron chi connectivity index (χ1n) is 8.64. The predicted octanol–water partition coefficient (Wildman–Crippen LogP) is 2.03. The van der Waals surface area contributed by atoms with Crippen LogP contribution in [-0.4, -0.2) is 45.2 Å². The van der Waals surface area contributed by atoms with Crippen LogP contribution in [-0.2, 0) is 11.2 Å². The van der Waals surface area contributed by atoms with E-state index in [1.165, 1.54) is 16.2 Å². The number of ether oxygens (including phenoxy) is 1. The average molecular weight is 370 g/mol. The van der Waals surface area contributed by atoms with Crippen molar-refractivity contribution >= 4 is 32.6 Å². The maximum Gasteiger partial charge on any atom is 0.233 e. The average Bonchev–Trinajstić information content (AvgIpc) is 3.05. The molecule has 0 aliphatic carbocycles. The van der Waals surface area contributed by atoms with Gasteiger partial charge in [-0.15, -0.1) is 0 Å². The minimum absolute atomic E-state index is 0.0727. The second kappa shape index (κ2) is 8.29. The van der Waals surface area contributed by atoms with Crippen LogP contribution >= 0.6 is 11.3 Å². The van der Waals surface area contributed by atoms with E-state index in [0.29, 0.717) is 13.0 Å². The minimum atomic E-state index is 0.0727. The number of fused-ring (bicyclic) bond motifs is 1. The first kappa shape index (κ1) is 18.4. The monoisotopic (exact) mass is 370 g/mol. The van der Waals surface area contributed by atoms with E-state index in [1.807, 2.05) is 53.4 Å². The van der Waals surface area contributed by atoms with Crippen molar-refractivity contribution in [3.05, 3.63) is 54.1 Å². The second-order valence-corrected chi connectivity index (χ2v) is 7.50. The summed E-state index contributed by atoms with van der Waals surface area (Å²) in [5.41, 5.74) is 1.91. The molecule has 1 amide bonds. The Morgan fingerprint density at radius 3 is 2.65 bits per heavy atom. The summed E-state index contributed by atoms with van der Waals surface area (Å²) in [6.07, 6.45) is 0.378. The van der Waals surface area contributed by atoms with E-state index in [4.69, 9.17) is 4.74 Å². The standard InChI is InChI=1S/C20H23N3O2S/c1-22(2)11-12-23(19(24)13-15-7-5-4-6-8-15)20-21-17-10-9-16(25-3)14-18(17)26-20/h4-10,14H,11-13H2,1-3H3/p+1. The molecule has 0 unspecified atom stereocenters. The van der Waals surface area contributed by atoms with Crippen LogP contribution in [0.3, 0.4) is 0 Å². The molecule has 0 aliphatic heterocycles. The molecule has 3 aromatic rings. The summed E-state index contributed by atoms with van der Waals surface area (Å²) in [5, 5.41) is 0.746. The van der Waals surface area contributed by atoms with Crippen molar-refractivity contribution in [2.45, 2.75) is 6.42 Å². The van der Waals surface area contributed by atoms with Crippen LogP contribution in [0.25, 0.3) is 10.2 Å². The van der Waals surface area contributed by atoms with Gasteiger partial charge in [-0.05, 0) is 23.8 Å². The molecule has 26 heavy (non-hydrogen) atoms. The topological polar surface area (TPSA) is 46.9 Å². The smallest absolute Gasteiger partial charge is 0.233 e. The van der Waals surface area contributed by atoms with Crippen molar-refractivity contribution in [3.63, 3.8) is 0 Å². The lowest BCUT2D eigenvalue weighted by atomic mass is 10.1. The van der Waals surface area contributed by atoms with Gasteiger partial charge in [0, 0.05) is 0 Å². The molecule has 6 heteroatoms. The molecular formula is C20H24N3O2S+. The van der Waals surface area contributed by atoms with E-state index in [1.54, 1.807) is 7.11 Å². The largest absolute Gasteiger partial charge is 0.497 e. The zero-order valence-electron chi connectivity index (χ0n) is 15.4. The molecule has 1 N–H and O–H groups in total. The fourth-order valence-electron chi connectivity index (χ4n) is 2.66. The van der Waals surface area contributed by atoms with Crippen LogP contribution in [0.1, 0.15) is 5.56 Å². The molecule has 0 saturated heterocycles. The molecule has 0 atom stereocenters. The lowest BCUT2D eigenvalue weighted by Gasteiger charge is -2.20. The number of hydrogen-bond donors (Lipinski definition) is 1. The summed E-state index contributed by atoms with van der Waals surface area (Å²) < 4.78 is 6.31. The van der Waals surface area contributed by atoms with Gasteiger partial charge in [0.05, 0.1) is 50.9 Å². The third-order valence-electron chi connectivity index (χ3n) is 4.15. The Balaban J connectivity index is 1.88. The van der Waals surface area contributed by atoms with Crippen LogP contribution in [0, 0.1) is 0 Å². The van der Waals surface area contributed by atoms with Gasteiger partial charge in [0.2, 0.25) is 5.91 Å². The number of anilines is 1. The van der Waals surface area contributed by atoms with E-state index in [2.05, 4.69) is 19.1 Å². The maximum absolute atomic E-state index is 13.0. The maximum atomic E-state index is 13.0. The number of quaternary nitrogens is 1. The third-order valence-corrected chi connectivity index (χ3v) is 5.19. The van der Waals surface area contributed by atoms with Crippen molar-refractivity contribution in [1.82, 2.24) is 4.98 Å². The van der Waals surface area contributed by atoms with E-state index in [-0.39, 0.29) is 5.91 Å². The highest BCUT2D eigenvalue weighted by atomic mass is 32.1. The first-order chi connectivity index (χ1) is 12.6. The van der Waals surface area contributed by atoms with Gasteiger partial charge in [0.15, 0.2) is 5.13 Å². The molecule has 136 valence electrons. The lowest BCUT2D eigenvalue weighted by Crippen LogP contribution is -3.06. The molecule has 0 bridgehead atoms. The molecule has 1 heterocycles. The number of nitrogens with zero attached hydrogens (tertiary/aromatic N) is 2. The molecule has 1 aromatic heterocycles. The normalized spacial score (nSPS) is 11.1. The molecule has 0 aliphatic rings. The molecule has 3 rings (SSSR count). The summed E-state index contributed by atoms with van der Waals surface area (Å²) >= 11 is 1.53. The Morgan fingerprint density at radius 1 is 1.19 bits per heavy atom. The number of likely N-dealkylation sites (N-methyl/N-ethyl adjacent to an activating group) is 1. The van der Waals surface area contributed by atoms with Gasteiger partial charge in [0.25, 0.3) is 0 Å². The van der Waals surface area contributed by atoms with Crippen LogP contribution in [0.5, 0.6) is 5.75 Å². The number of rotatable bonds is 7. The Kier molecular flexibility index (Phi) is 5.85. The van der Waals surface area contributed by atoms with E-state index in [0.717, 1.165) is 33.2 Å². The van der Waals surface area contributed by atoms with Gasteiger partial charge in [0.1, 0.15) is 5.75 Å². The Morgan fingerprint density at radius 2 is 1.96 bits per heavy atom. The van der Waals surface area contributed by atoms with E-state index >= 15 is 0 Å². The zero-order chi connectivity index (χ0) is 18.5. The van der Waals surface area contributed by atoms with Gasteiger partial charge in [-0.3, -0.25) is 9.69 Å². The third kappa shape index (κ3) is 4.39. The lowest BCUT2D eigenvalue weighted by molar-refractivity contribution is -0.856. The summed E-state index contributed by atoms with van der Waals surface area (Å²) in [6, 6.07) is 15.6. The van der Waals surface area contributed by atoms with Gasteiger partial charge >= 0.3 is 0 Å². The number of amides is 1. The minimum Gasteiger partial charge on any atom is -0.497 e. The molecule has 2 aromatic carbocycles. The number of hydrogen-bond acceptors (Lipinski definition) is 4. The summed E-state index contributed by atoms with van der Waals surface area (Å²) in [5.74, 6) is 0.871. The summed E-state index contributed by atoms with van der Waals surface area (Å²) in [6.45, 7) is 1.50.